The highest BCUT2D eigenvalue weighted by Gasteiger charge is 2.12. The number of benzene rings is 1. The molecule has 1 rings (SSSR count). The Morgan fingerprint density at radius 2 is 1.79 bits per heavy atom. The topological polar surface area (TPSA) is 9.23 Å². The van der Waals surface area contributed by atoms with Gasteiger partial charge in [0.1, 0.15) is 5.75 Å². The Kier molecular flexibility index (Phi) is 3.82. The summed E-state index contributed by atoms with van der Waals surface area (Å²) in [5, 5.41) is 0. The van der Waals surface area contributed by atoms with Crippen LogP contribution in [0.1, 0.15) is 25.8 Å². The molecule has 0 fully saturated rings. The van der Waals surface area contributed by atoms with Gasteiger partial charge in [0.15, 0.2) is 0 Å². The van der Waals surface area contributed by atoms with E-state index in [-0.39, 0.29) is 4.87 Å². The van der Waals surface area contributed by atoms with E-state index in [0.29, 0.717) is 0 Å². The number of hydrogen-bond acceptors (Lipinski definition) is 1. The summed E-state index contributed by atoms with van der Waals surface area (Å²) in [4.78, 5) is -0.111. The SMILES string of the molecule is COc1ccc(CCC(C)(C)Cl)cc1. The minimum Gasteiger partial charge on any atom is -0.497 e. The fourth-order valence-corrected chi connectivity index (χ4v) is 1.33. The minimum absolute atomic E-state index is 0.111. The van der Waals surface area contributed by atoms with Crippen LogP contribution in [-0.2, 0) is 6.42 Å². The lowest BCUT2D eigenvalue weighted by Crippen LogP contribution is -2.10. The largest absolute Gasteiger partial charge is 0.497 e. The summed E-state index contributed by atoms with van der Waals surface area (Å²) in [7, 11) is 1.68. The monoisotopic (exact) mass is 212 g/mol. The minimum atomic E-state index is -0.111. The van der Waals surface area contributed by atoms with Crippen LogP contribution in [0.2, 0.25) is 0 Å². The number of hydrogen-bond donors (Lipinski definition) is 0. The molecule has 1 aromatic rings. The summed E-state index contributed by atoms with van der Waals surface area (Å²) in [6.45, 7) is 4.08. The van der Waals surface area contributed by atoms with Gasteiger partial charge in [0.05, 0.1) is 7.11 Å². The summed E-state index contributed by atoms with van der Waals surface area (Å²) in [6.07, 6.45) is 2.00. The molecule has 0 aromatic heterocycles. The van der Waals surface area contributed by atoms with Crippen molar-refractivity contribution in [1.82, 2.24) is 0 Å². The van der Waals surface area contributed by atoms with E-state index in [4.69, 9.17) is 16.3 Å². The molecule has 78 valence electrons. The van der Waals surface area contributed by atoms with E-state index >= 15 is 0 Å². The predicted octanol–water partition coefficient (Wildman–Crippen LogP) is 3.65. The number of ether oxygens (including phenoxy) is 1. The fourth-order valence-electron chi connectivity index (χ4n) is 1.23. The van der Waals surface area contributed by atoms with Gasteiger partial charge >= 0.3 is 0 Å². The van der Waals surface area contributed by atoms with E-state index in [1.807, 2.05) is 26.0 Å². The molecule has 0 radical (unpaired) electrons. The fraction of sp³-hybridized carbons (Fsp3) is 0.500. The second-order valence-corrected chi connectivity index (χ2v) is 5.09. The number of methoxy groups -OCH3 is 1. The van der Waals surface area contributed by atoms with Gasteiger partial charge < -0.3 is 4.74 Å². The van der Waals surface area contributed by atoms with Crippen molar-refractivity contribution in [2.24, 2.45) is 0 Å². The van der Waals surface area contributed by atoms with Crippen LogP contribution in [0.5, 0.6) is 5.75 Å². The molecule has 0 spiro atoms. The van der Waals surface area contributed by atoms with Gasteiger partial charge in [-0.2, -0.15) is 0 Å². The maximum Gasteiger partial charge on any atom is 0.118 e. The van der Waals surface area contributed by atoms with Gasteiger partial charge in [0.25, 0.3) is 0 Å². The third-order valence-electron chi connectivity index (χ3n) is 2.17. The molecule has 0 heterocycles. The summed E-state index contributed by atoms with van der Waals surface area (Å²) in [5.41, 5.74) is 1.31. The van der Waals surface area contributed by atoms with E-state index in [9.17, 15) is 0 Å². The van der Waals surface area contributed by atoms with Crippen molar-refractivity contribution in [2.45, 2.75) is 31.6 Å². The average molecular weight is 213 g/mol. The van der Waals surface area contributed by atoms with E-state index < -0.39 is 0 Å². The highest BCUT2D eigenvalue weighted by atomic mass is 35.5. The lowest BCUT2D eigenvalue weighted by molar-refractivity contribution is 0.414. The summed E-state index contributed by atoms with van der Waals surface area (Å²) < 4.78 is 5.09. The van der Waals surface area contributed by atoms with Crippen LogP contribution in [-0.4, -0.2) is 12.0 Å². The first-order valence-electron chi connectivity index (χ1n) is 4.83. The van der Waals surface area contributed by atoms with Gasteiger partial charge in [-0.3, -0.25) is 0 Å². The Hall–Kier alpha value is -0.690. The van der Waals surface area contributed by atoms with Crippen LogP contribution in [0.3, 0.4) is 0 Å². The third kappa shape index (κ3) is 4.01. The molecule has 1 aromatic carbocycles. The number of rotatable bonds is 4. The van der Waals surface area contributed by atoms with Gasteiger partial charge in [-0.1, -0.05) is 12.1 Å². The lowest BCUT2D eigenvalue weighted by atomic mass is 10.0. The third-order valence-corrected chi connectivity index (χ3v) is 2.36. The molecular formula is C12H17ClO. The first-order valence-corrected chi connectivity index (χ1v) is 5.21. The molecule has 2 heteroatoms. The van der Waals surface area contributed by atoms with Gasteiger partial charge in [0, 0.05) is 4.87 Å². The molecule has 0 N–H and O–H groups in total. The van der Waals surface area contributed by atoms with Gasteiger partial charge in [-0.25, -0.2) is 0 Å². The Morgan fingerprint density at radius 3 is 2.21 bits per heavy atom. The van der Waals surface area contributed by atoms with Crippen LogP contribution >= 0.6 is 11.6 Å². The number of halogens is 1. The zero-order valence-electron chi connectivity index (χ0n) is 9.01. The van der Waals surface area contributed by atoms with E-state index in [1.165, 1.54) is 5.56 Å². The van der Waals surface area contributed by atoms with Gasteiger partial charge in [-0.05, 0) is 44.4 Å². The van der Waals surface area contributed by atoms with E-state index in [2.05, 4.69) is 12.1 Å². The van der Waals surface area contributed by atoms with Crippen molar-refractivity contribution in [3.05, 3.63) is 29.8 Å². The zero-order valence-corrected chi connectivity index (χ0v) is 9.77. The van der Waals surface area contributed by atoms with E-state index in [1.54, 1.807) is 7.11 Å². The Labute approximate surface area is 91.0 Å². The Balaban J connectivity index is 2.52. The highest BCUT2D eigenvalue weighted by Crippen LogP contribution is 2.21. The van der Waals surface area contributed by atoms with Crippen LogP contribution < -0.4 is 4.74 Å². The maximum atomic E-state index is 6.12. The molecule has 0 saturated heterocycles. The predicted molar refractivity (Wildman–Crippen MR) is 61.2 cm³/mol. The first-order chi connectivity index (χ1) is 6.51. The standard InChI is InChI=1S/C12H17ClO/c1-12(2,13)9-8-10-4-6-11(14-3)7-5-10/h4-7H,8-9H2,1-3H3. The molecular weight excluding hydrogens is 196 g/mol. The Bertz CT molecular complexity index is 271. The Morgan fingerprint density at radius 1 is 1.21 bits per heavy atom. The second-order valence-electron chi connectivity index (χ2n) is 4.07. The zero-order chi connectivity index (χ0) is 10.6. The van der Waals surface area contributed by atoms with Crippen LogP contribution in [0, 0.1) is 0 Å². The normalized spacial score (nSPS) is 11.4. The molecule has 0 aliphatic heterocycles. The van der Waals surface area contributed by atoms with Gasteiger partial charge in [0.2, 0.25) is 0 Å². The lowest BCUT2D eigenvalue weighted by Gasteiger charge is -2.15. The van der Waals surface area contributed by atoms with Crippen molar-refractivity contribution in [2.75, 3.05) is 7.11 Å². The molecule has 1 nitrogen and oxygen atoms in total. The molecule has 0 bridgehead atoms. The molecule has 14 heavy (non-hydrogen) atoms. The van der Waals surface area contributed by atoms with Gasteiger partial charge in [-0.15, -0.1) is 11.6 Å². The molecule has 0 unspecified atom stereocenters. The molecule has 0 amide bonds. The summed E-state index contributed by atoms with van der Waals surface area (Å²) in [6, 6.07) is 8.13. The molecule has 0 aliphatic rings. The van der Waals surface area contributed by atoms with Crippen molar-refractivity contribution in [1.29, 1.82) is 0 Å². The first kappa shape index (κ1) is 11.4. The van der Waals surface area contributed by atoms with Crippen molar-refractivity contribution in [3.8, 4) is 5.75 Å². The van der Waals surface area contributed by atoms with Crippen LogP contribution in [0.4, 0.5) is 0 Å². The molecule has 0 saturated carbocycles. The quantitative estimate of drug-likeness (QED) is 0.693. The molecule has 0 aliphatic carbocycles. The summed E-state index contributed by atoms with van der Waals surface area (Å²) in [5.74, 6) is 0.902. The van der Waals surface area contributed by atoms with Crippen LogP contribution in [0.25, 0.3) is 0 Å². The molecule has 0 atom stereocenters. The van der Waals surface area contributed by atoms with Crippen molar-refractivity contribution < 1.29 is 4.74 Å². The maximum absolute atomic E-state index is 6.12. The summed E-state index contributed by atoms with van der Waals surface area (Å²) >= 11 is 6.12. The van der Waals surface area contributed by atoms with Crippen molar-refractivity contribution >= 4 is 11.6 Å². The van der Waals surface area contributed by atoms with E-state index in [0.717, 1.165) is 18.6 Å². The number of aryl methyl sites for hydroxylation is 1. The number of alkyl halides is 1. The smallest absolute Gasteiger partial charge is 0.118 e. The van der Waals surface area contributed by atoms with Crippen molar-refractivity contribution in [3.63, 3.8) is 0 Å². The van der Waals surface area contributed by atoms with Crippen LogP contribution in [0.15, 0.2) is 24.3 Å². The second kappa shape index (κ2) is 4.70. The highest BCUT2D eigenvalue weighted by molar-refractivity contribution is 6.23. The average Bonchev–Trinajstić information content (AvgIpc) is 2.14.